The monoisotopic (exact) mass is 257 g/mol. The van der Waals surface area contributed by atoms with Crippen LogP contribution in [0.15, 0.2) is 42.6 Å². The summed E-state index contributed by atoms with van der Waals surface area (Å²) in [5, 5.41) is 12.3. The van der Waals surface area contributed by atoms with Crippen LogP contribution in [0.5, 0.6) is 5.75 Å². The Morgan fingerprint density at radius 2 is 1.95 bits per heavy atom. The van der Waals surface area contributed by atoms with Crippen molar-refractivity contribution in [1.29, 1.82) is 0 Å². The van der Waals surface area contributed by atoms with Crippen molar-refractivity contribution in [3.63, 3.8) is 0 Å². The molecule has 1 heterocycles. The van der Waals surface area contributed by atoms with Crippen LogP contribution in [0.25, 0.3) is 0 Å². The maximum atomic E-state index is 10.8. The molecule has 4 N–H and O–H groups in total. The maximum Gasteiger partial charge on any atom is 0.221 e. The zero-order valence-electron chi connectivity index (χ0n) is 10.3. The van der Waals surface area contributed by atoms with Crippen LogP contribution in [-0.2, 0) is 17.8 Å². The van der Waals surface area contributed by atoms with E-state index in [9.17, 15) is 4.79 Å². The topological polar surface area (TPSA) is 88.2 Å². The van der Waals surface area contributed by atoms with Gasteiger partial charge >= 0.3 is 0 Å². The molecule has 0 aliphatic heterocycles. The third-order valence-electron chi connectivity index (χ3n) is 2.62. The van der Waals surface area contributed by atoms with Crippen LogP contribution >= 0.6 is 0 Å². The average molecular weight is 257 g/mol. The molecule has 0 aliphatic carbocycles. The van der Waals surface area contributed by atoms with Crippen molar-refractivity contribution in [2.75, 3.05) is 5.32 Å². The van der Waals surface area contributed by atoms with Gasteiger partial charge in [0.2, 0.25) is 5.91 Å². The molecule has 0 fully saturated rings. The van der Waals surface area contributed by atoms with Crippen LogP contribution in [0.1, 0.15) is 11.3 Å². The highest BCUT2D eigenvalue weighted by Crippen LogP contribution is 2.12. The lowest BCUT2D eigenvalue weighted by Crippen LogP contribution is -2.13. The number of nitrogens with zero attached hydrogens (tertiary/aromatic N) is 1. The van der Waals surface area contributed by atoms with Crippen molar-refractivity contribution in [3.8, 4) is 5.75 Å². The molecule has 0 bridgehead atoms. The van der Waals surface area contributed by atoms with Crippen molar-refractivity contribution in [2.45, 2.75) is 13.0 Å². The Labute approximate surface area is 111 Å². The highest BCUT2D eigenvalue weighted by molar-refractivity contribution is 5.76. The van der Waals surface area contributed by atoms with Gasteiger partial charge in [0.15, 0.2) is 0 Å². The molecule has 1 amide bonds. The van der Waals surface area contributed by atoms with Crippen LogP contribution in [-0.4, -0.2) is 16.0 Å². The van der Waals surface area contributed by atoms with E-state index >= 15 is 0 Å². The number of aromatic hydroxyl groups is 1. The highest BCUT2D eigenvalue weighted by Gasteiger charge is 1.99. The lowest BCUT2D eigenvalue weighted by Gasteiger charge is -2.07. The Morgan fingerprint density at radius 1 is 1.21 bits per heavy atom. The molecule has 19 heavy (non-hydrogen) atoms. The molecule has 1 aromatic carbocycles. The summed E-state index contributed by atoms with van der Waals surface area (Å²) in [7, 11) is 0. The van der Waals surface area contributed by atoms with Gasteiger partial charge in [-0.1, -0.05) is 12.1 Å². The summed E-state index contributed by atoms with van der Waals surface area (Å²) < 4.78 is 0. The molecule has 0 radical (unpaired) electrons. The van der Waals surface area contributed by atoms with Gasteiger partial charge in [0.05, 0.1) is 24.9 Å². The van der Waals surface area contributed by atoms with Gasteiger partial charge in [-0.25, -0.2) is 0 Å². The number of nitrogens with one attached hydrogen (secondary N) is 1. The normalized spacial score (nSPS) is 10.1. The minimum Gasteiger partial charge on any atom is -0.506 e. The second-order valence-electron chi connectivity index (χ2n) is 4.20. The first-order valence-corrected chi connectivity index (χ1v) is 5.88. The lowest BCUT2D eigenvalue weighted by molar-refractivity contribution is -0.117. The predicted octanol–water partition coefficient (Wildman–Crippen LogP) is 1.43. The summed E-state index contributed by atoms with van der Waals surface area (Å²) >= 11 is 0. The van der Waals surface area contributed by atoms with Crippen LogP contribution in [0.2, 0.25) is 0 Å². The van der Waals surface area contributed by atoms with E-state index in [-0.39, 0.29) is 18.1 Å². The smallest absolute Gasteiger partial charge is 0.221 e. The standard InChI is InChI=1S/C14H15N3O2/c15-14(19)7-10-1-3-11(4-2-10)16-8-12-5-6-13(18)9-17-12/h1-6,9,16,18H,7-8H2,(H2,15,19). The summed E-state index contributed by atoms with van der Waals surface area (Å²) in [6, 6.07) is 10.8. The molecule has 0 spiro atoms. The van der Waals surface area contributed by atoms with E-state index in [1.54, 1.807) is 12.1 Å². The van der Waals surface area contributed by atoms with E-state index in [1.807, 2.05) is 24.3 Å². The van der Waals surface area contributed by atoms with Crippen LogP contribution in [0.4, 0.5) is 5.69 Å². The number of benzene rings is 1. The number of anilines is 1. The molecule has 0 saturated heterocycles. The molecule has 98 valence electrons. The molecule has 2 aromatic rings. The number of amides is 1. The number of pyridine rings is 1. The van der Waals surface area contributed by atoms with Gasteiger partial charge in [-0.15, -0.1) is 0 Å². The van der Waals surface area contributed by atoms with Crippen LogP contribution < -0.4 is 11.1 Å². The number of hydrogen-bond donors (Lipinski definition) is 3. The van der Waals surface area contributed by atoms with E-state index in [2.05, 4.69) is 10.3 Å². The van der Waals surface area contributed by atoms with Gasteiger partial charge in [-0.05, 0) is 29.8 Å². The maximum absolute atomic E-state index is 10.8. The summed E-state index contributed by atoms with van der Waals surface area (Å²) in [5.41, 5.74) is 7.78. The molecule has 1 aromatic heterocycles. The van der Waals surface area contributed by atoms with E-state index < -0.39 is 0 Å². The number of nitrogens with two attached hydrogens (primary N) is 1. The summed E-state index contributed by atoms with van der Waals surface area (Å²) in [6.45, 7) is 0.565. The molecule has 2 rings (SSSR count). The molecule has 5 nitrogen and oxygen atoms in total. The molecular weight excluding hydrogens is 242 g/mol. The zero-order valence-corrected chi connectivity index (χ0v) is 10.3. The third kappa shape index (κ3) is 3.99. The number of hydrogen-bond acceptors (Lipinski definition) is 4. The van der Waals surface area contributed by atoms with Crippen LogP contribution in [0, 0.1) is 0 Å². The Hall–Kier alpha value is -2.56. The third-order valence-corrected chi connectivity index (χ3v) is 2.62. The van der Waals surface area contributed by atoms with Crippen molar-refractivity contribution in [3.05, 3.63) is 53.9 Å². The SMILES string of the molecule is NC(=O)Cc1ccc(NCc2ccc(O)cn2)cc1. The van der Waals surface area contributed by atoms with Crippen LogP contribution in [0.3, 0.4) is 0 Å². The number of aromatic nitrogens is 1. The van der Waals surface area contributed by atoms with Crippen molar-refractivity contribution < 1.29 is 9.90 Å². The molecular formula is C14H15N3O2. The van der Waals surface area contributed by atoms with Gasteiger partial charge in [0.1, 0.15) is 5.75 Å². The Morgan fingerprint density at radius 3 is 2.53 bits per heavy atom. The molecule has 0 atom stereocenters. The quantitative estimate of drug-likeness (QED) is 0.756. The molecule has 0 saturated carbocycles. The van der Waals surface area contributed by atoms with Gasteiger partial charge in [0, 0.05) is 5.69 Å². The van der Waals surface area contributed by atoms with E-state index in [0.29, 0.717) is 6.54 Å². The van der Waals surface area contributed by atoms with Gasteiger partial charge in [0.25, 0.3) is 0 Å². The summed E-state index contributed by atoms with van der Waals surface area (Å²) in [6.07, 6.45) is 1.66. The highest BCUT2D eigenvalue weighted by atomic mass is 16.3. The van der Waals surface area contributed by atoms with Gasteiger partial charge < -0.3 is 16.2 Å². The second-order valence-corrected chi connectivity index (χ2v) is 4.20. The van der Waals surface area contributed by atoms with Crippen molar-refractivity contribution in [2.24, 2.45) is 5.73 Å². The minimum atomic E-state index is -0.339. The zero-order chi connectivity index (χ0) is 13.7. The number of carbonyl (C=O) groups is 1. The Balaban J connectivity index is 1.92. The molecule has 0 aliphatic rings. The number of carbonyl (C=O) groups excluding carboxylic acids is 1. The largest absolute Gasteiger partial charge is 0.506 e. The lowest BCUT2D eigenvalue weighted by atomic mass is 10.1. The fourth-order valence-electron chi connectivity index (χ4n) is 1.66. The molecule has 5 heteroatoms. The van der Waals surface area contributed by atoms with Crippen molar-refractivity contribution >= 4 is 11.6 Å². The summed E-state index contributed by atoms with van der Waals surface area (Å²) in [5.74, 6) is -0.187. The van der Waals surface area contributed by atoms with E-state index in [4.69, 9.17) is 10.8 Å². The average Bonchev–Trinajstić information content (AvgIpc) is 2.39. The van der Waals surface area contributed by atoms with E-state index in [0.717, 1.165) is 16.9 Å². The number of primary amides is 1. The predicted molar refractivity (Wildman–Crippen MR) is 72.6 cm³/mol. The van der Waals surface area contributed by atoms with E-state index in [1.165, 1.54) is 6.20 Å². The fourth-order valence-corrected chi connectivity index (χ4v) is 1.66. The second kappa shape index (κ2) is 5.86. The minimum absolute atomic E-state index is 0.152. The summed E-state index contributed by atoms with van der Waals surface area (Å²) in [4.78, 5) is 14.8. The Bertz CT molecular complexity index is 550. The van der Waals surface area contributed by atoms with Crippen molar-refractivity contribution in [1.82, 2.24) is 4.98 Å². The first-order chi connectivity index (χ1) is 9.13. The van der Waals surface area contributed by atoms with Gasteiger partial charge in [-0.3, -0.25) is 9.78 Å². The molecule has 0 unspecified atom stereocenters. The van der Waals surface area contributed by atoms with Gasteiger partial charge in [-0.2, -0.15) is 0 Å². The first-order valence-electron chi connectivity index (χ1n) is 5.88. The fraction of sp³-hybridized carbons (Fsp3) is 0.143. The number of rotatable bonds is 5. The first kappa shape index (κ1) is 12.9. The Kier molecular flexibility index (Phi) is 3.97.